The molecule has 1 atom stereocenters. The van der Waals surface area contributed by atoms with Crippen LogP contribution in [-0.2, 0) is 11.3 Å². The fourth-order valence-corrected chi connectivity index (χ4v) is 7.25. The number of nitrogens with one attached hydrogen (secondary N) is 2. The molecular formula is C26H27F6N3O4S5. The number of ether oxygens (including phenoxy) is 2. The van der Waals surface area contributed by atoms with Crippen molar-refractivity contribution in [3.8, 4) is 11.5 Å². The zero-order valence-electron chi connectivity index (χ0n) is 23.9. The predicted molar refractivity (Wildman–Crippen MR) is 165 cm³/mol. The maximum Gasteiger partial charge on any atom is 0.224 e. The number of amides is 1. The molecule has 2 N–H and O–H groups in total. The van der Waals surface area contributed by atoms with Crippen molar-refractivity contribution in [1.82, 2.24) is 4.90 Å². The van der Waals surface area contributed by atoms with Crippen molar-refractivity contribution in [3.05, 3.63) is 28.6 Å². The second-order valence-electron chi connectivity index (χ2n) is 10.4. The molecule has 0 bridgehead atoms. The van der Waals surface area contributed by atoms with E-state index in [-0.39, 0.29) is 48.8 Å². The molecule has 44 heavy (non-hydrogen) atoms. The van der Waals surface area contributed by atoms with Gasteiger partial charge in [-0.3, -0.25) is 15.0 Å². The summed E-state index contributed by atoms with van der Waals surface area (Å²) >= 11 is -3.24. The second-order valence-corrected chi connectivity index (χ2v) is 13.2. The van der Waals surface area contributed by atoms with Gasteiger partial charge in [-0.25, -0.2) is 4.39 Å². The minimum atomic E-state index is -2.03. The molecule has 0 fully saturated rings. The van der Waals surface area contributed by atoms with E-state index in [0.29, 0.717) is 0 Å². The fourth-order valence-electron chi connectivity index (χ4n) is 4.50. The summed E-state index contributed by atoms with van der Waals surface area (Å²) in [6, 6.07) is 1.38. The highest BCUT2D eigenvalue weighted by Gasteiger charge is 2.42. The summed E-state index contributed by atoms with van der Waals surface area (Å²) in [6.07, 6.45) is -0.147. The Morgan fingerprint density at radius 3 is 2.07 bits per heavy atom. The van der Waals surface area contributed by atoms with Crippen LogP contribution in [0.5, 0.6) is 11.5 Å². The first-order valence-electron chi connectivity index (χ1n) is 12.8. The van der Waals surface area contributed by atoms with Gasteiger partial charge in [0.15, 0.2) is 22.7 Å². The van der Waals surface area contributed by atoms with Crippen LogP contribution in [0.4, 0.5) is 29.5 Å². The van der Waals surface area contributed by atoms with Gasteiger partial charge in [-0.05, 0) is 30.9 Å². The summed E-state index contributed by atoms with van der Waals surface area (Å²) in [4.78, 5) is 24.4. The van der Waals surface area contributed by atoms with Gasteiger partial charge in [-0.2, -0.15) is 19.4 Å². The third kappa shape index (κ3) is 7.34. The zero-order valence-corrected chi connectivity index (χ0v) is 28.0. The number of amidine groups is 1. The van der Waals surface area contributed by atoms with Gasteiger partial charge in [0, 0.05) is 13.0 Å². The Hall–Kier alpha value is -2.02. The number of hydrogen-bond donors (Lipinski definition) is 2. The Morgan fingerprint density at radius 2 is 1.57 bits per heavy atom. The summed E-state index contributed by atoms with van der Waals surface area (Å²) in [5.41, 5.74) is -2.27. The lowest BCUT2D eigenvalue weighted by Crippen LogP contribution is -2.39. The molecule has 3 rings (SSSR count). The average molecular weight is 720 g/mol. The molecule has 242 valence electrons. The van der Waals surface area contributed by atoms with Gasteiger partial charge in [0.25, 0.3) is 0 Å². The molecule has 1 amide bonds. The topological polar surface area (TPSA) is 91.7 Å². The molecule has 1 unspecified atom stereocenters. The third-order valence-corrected chi connectivity index (χ3v) is 9.29. The van der Waals surface area contributed by atoms with E-state index in [0.717, 1.165) is 4.90 Å². The van der Waals surface area contributed by atoms with E-state index in [4.69, 9.17) is 14.9 Å². The highest BCUT2D eigenvalue weighted by Crippen LogP contribution is 2.52. The van der Waals surface area contributed by atoms with E-state index in [1.165, 1.54) is 6.07 Å². The fraction of sp³-hybridized carbons (Fsp3) is 0.423. The lowest BCUT2D eigenvalue weighted by molar-refractivity contribution is -0.117. The van der Waals surface area contributed by atoms with Crippen LogP contribution < -0.4 is 14.8 Å². The van der Waals surface area contributed by atoms with Crippen LogP contribution in [0, 0.1) is 16.6 Å². The van der Waals surface area contributed by atoms with E-state index in [9.17, 15) is 29.0 Å². The quantitative estimate of drug-likeness (QED) is 0.145. The molecule has 1 heterocycles. The molecule has 2 aromatic rings. The molecule has 7 nitrogen and oxygen atoms in total. The number of rotatable bonds is 14. The Morgan fingerprint density at radius 1 is 0.977 bits per heavy atom. The summed E-state index contributed by atoms with van der Waals surface area (Å²) < 4.78 is 98.4. The molecule has 1 aliphatic heterocycles. The first-order valence-corrected chi connectivity index (χ1v) is 16.4. The zero-order chi connectivity index (χ0) is 32.9. The van der Waals surface area contributed by atoms with Crippen molar-refractivity contribution in [2.24, 2.45) is 5.41 Å². The standard InChI is InChI=1S/C26H27F6N3O4S5/c1-6-38-12-8-11-10-35(24(33)14(11)16(27)19(12)39-7-2)25(44-32)18(37)15-20(40-28)17(34-13(36)9-26(3,4)5)22(42-30)23(43-31)21(15)41-29/h8,25,33H,6-7,9-10H2,1-5H3,(H,34,36). The normalized spacial score (nSPS) is 13.6. The second kappa shape index (κ2) is 15.5. The van der Waals surface area contributed by atoms with E-state index in [2.05, 4.69) is 5.32 Å². The van der Waals surface area contributed by atoms with E-state index in [1.807, 2.05) is 0 Å². The monoisotopic (exact) mass is 719 g/mol. The first-order chi connectivity index (χ1) is 20.8. The molecule has 0 aromatic heterocycles. The Kier molecular flexibility index (Phi) is 12.9. The molecule has 1 aliphatic rings. The number of fused-ring (bicyclic) bond motifs is 1. The Balaban J connectivity index is 2.19. The van der Waals surface area contributed by atoms with Crippen molar-refractivity contribution in [2.45, 2.75) is 72.5 Å². The van der Waals surface area contributed by atoms with Crippen LogP contribution in [0.25, 0.3) is 0 Å². The molecule has 0 saturated carbocycles. The van der Waals surface area contributed by atoms with Crippen LogP contribution in [-0.4, -0.2) is 41.0 Å². The van der Waals surface area contributed by atoms with Gasteiger partial charge in [-0.1, -0.05) is 20.8 Å². The van der Waals surface area contributed by atoms with Crippen LogP contribution >= 0.6 is 60.7 Å². The number of nitrogens with zero attached hydrogens (tertiary/aromatic N) is 1. The number of carbonyl (C=O) groups excluding carboxylic acids is 2. The lowest BCUT2D eigenvalue weighted by atomic mass is 9.92. The minimum absolute atomic E-state index is 0.0165. The molecule has 0 radical (unpaired) electrons. The number of Topliss-reactive ketones (excluding diaryl/α,β-unsaturated/α-hetero) is 1. The number of benzene rings is 2. The largest absolute Gasteiger partial charge is 0.490 e. The summed E-state index contributed by atoms with van der Waals surface area (Å²) in [5, 5.41) is 8.86. The van der Waals surface area contributed by atoms with Crippen LogP contribution in [0.15, 0.2) is 25.6 Å². The smallest absolute Gasteiger partial charge is 0.224 e. The van der Waals surface area contributed by atoms with Crippen molar-refractivity contribution in [3.63, 3.8) is 0 Å². The molecule has 0 spiro atoms. The maximum atomic E-state index is 15.6. The third-order valence-electron chi connectivity index (χ3n) is 6.15. The summed E-state index contributed by atoms with van der Waals surface area (Å²) in [7, 11) is 0. The molecule has 2 aromatic carbocycles. The molecule has 0 saturated heterocycles. The Labute approximate surface area is 272 Å². The predicted octanol–water partition coefficient (Wildman–Crippen LogP) is 9.87. The highest BCUT2D eigenvalue weighted by molar-refractivity contribution is 7.99. The molecule has 18 heteroatoms. The van der Waals surface area contributed by atoms with Crippen LogP contribution in [0.3, 0.4) is 0 Å². The van der Waals surface area contributed by atoms with Crippen LogP contribution in [0.1, 0.15) is 62.5 Å². The molecule has 0 aliphatic carbocycles. The first kappa shape index (κ1) is 36.4. The summed E-state index contributed by atoms with van der Waals surface area (Å²) in [5.74, 6) is -3.98. The number of hydrogen-bond acceptors (Lipinski definition) is 10. The highest BCUT2D eigenvalue weighted by atomic mass is 32.2. The van der Waals surface area contributed by atoms with Crippen molar-refractivity contribution >= 4 is 84.0 Å². The van der Waals surface area contributed by atoms with E-state index < -0.39 is 126 Å². The van der Waals surface area contributed by atoms with E-state index >= 15 is 4.39 Å². The Bertz CT molecular complexity index is 1450. The van der Waals surface area contributed by atoms with Gasteiger partial charge < -0.3 is 19.7 Å². The van der Waals surface area contributed by atoms with Gasteiger partial charge in [-0.15, -0.1) is 0 Å². The average Bonchev–Trinajstić information content (AvgIpc) is 3.28. The molecular weight excluding hydrogens is 693 g/mol. The van der Waals surface area contributed by atoms with Gasteiger partial charge >= 0.3 is 0 Å². The summed E-state index contributed by atoms with van der Waals surface area (Å²) in [6.45, 7) is 8.21. The number of carbonyl (C=O) groups is 2. The van der Waals surface area contributed by atoms with Crippen LogP contribution in [0.2, 0.25) is 0 Å². The van der Waals surface area contributed by atoms with Crippen molar-refractivity contribution in [1.29, 1.82) is 5.41 Å². The van der Waals surface area contributed by atoms with Gasteiger partial charge in [0.05, 0.1) is 110 Å². The van der Waals surface area contributed by atoms with Gasteiger partial charge in [0.2, 0.25) is 11.7 Å². The van der Waals surface area contributed by atoms with Crippen molar-refractivity contribution in [2.75, 3.05) is 18.5 Å². The SMILES string of the molecule is CCOc1cc2c(c(F)c1OCC)C(=N)N(C(SF)C(=O)c1c(SF)c(NC(=O)CC(C)(C)C)c(SF)c(SF)c1SF)C2. The van der Waals surface area contributed by atoms with Gasteiger partial charge in [0.1, 0.15) is 5.84 Å². The number of halogens is 6. The number of ketones is 1. The number of anilines is 1. The minimum Gasteiger partial charge on any atom is -0.490 e. The lowest BCUT2D eigenvalue weighted by Gasteiger charge is -2.27. The van der Waals surface area contributed by atoms with Crippen molar-refractivity contribution < 1.29 is 42.9 Å². The van der Waals surface area contributed by atoms with E-state index in [1.54, 1.807) is 34.6 Å². The maximum absolute atomic E-state index is 15.6.